The van der Waals surface area contributed by atoms with Crippen LogP contribution in [0.4, 0.5) is 28.4 Å². The molecule has 3 aromatic carbocycles. The highest BCUT2D eigenvalue weighted by Crippen LogP contribution is 2.56. The first-order chi connectivity index (χ1) is 35.8. The lowest BCUT2D eigenvalue weighted by Crippen LogP contribution is -2.55. The summed E-state index contributed by atoms with van der Waals surface area (Å²) in [7, 11) is -4.78. The molecular weight excluding hydrogens is 963 g/mol. The van der Waals surface area contributed by atoms with E-state index in [-0.39, 0.29) is 87.1 Å². The topological polar surface area (TPSA) is 211 Å². The molecule has 2 aromatic heterocycles. The number of sulfone groups is 1. The summed E-state index contributed by atoms with van der Waals surface area (Å²) in [5, 5.41) is 17.2. The second kappa shape index (κ2) is 18.2. The summed E-state index contributed by atoms with van der Waals surface area (Å²) >= 11 is 0. The number of piperidine rings is 1. The number of aromatic nitrogens is 2. The number of morpholine rings is 1. The molecule has 4 N–H and O–H groups in total. The molecule has 0 radical (unpaired) electrons. The second-order valence-corrected chi connectivity index (χ2v) is 24.0. The number of primary amides is 1. The van der Waals surface area contributed by atoms with E-state index in [1.807, 2.05) is 17.0 Å². The molecule has 5 saturated heterocycles. The number of nitro benzene ring substituents is 1. The molecule has 1 amide bonds. The van der Waals surface area contributed by atoms with Gasteiger partial charge in [-0.2, -0.15) is 4.98 Å². The van der Waals surface area contributed by atoms with E-state index in [4.69, 9.17) is 29.7 Å². The molecule has 18 nitrogen and oxygen atoms in total. The Labute approximate surface area is 430 Å². The van der Waals surface area contributed by atoms with E-state index in [9.17, 15) is 14.9 Å². The lowest BCUT2D eigenvalue weighted by Gasteiger charge is -2.56. The number of aromatic amines is 1. The summed E-state index contributed by atoms with van der Waals surface area (Å²) in [5.74, 6) is -0.762. The minimum absolute atomic E-state index is 0.0273. The van der Waals surface area contributed by atoms with Gasteiger partial charge in [-0.3, -0.25) is 24.7 Å². The van der Waals surface area contributed by atoms with Crippen molar-refractivity contribution < 1.29 is 37.1 Å². The lowest BCUT2D eigenvalue weighted by molar-refractivity contribution is -0.384. The van der Waals surface area contributed by atoms with Crippen molar-refractivity contribution >= 4 is 60.8 Å². The maximum Gasteiger partial charge on any atom is 0.297 e. The number of hydrogen-bond acceptors (Lipinski definition) is 15. The van der Waals surface area contributed by atoms with Crippen LogP contribution < -0.4 is 30.3 Å². The lowest BCUT2D eigenvalue weighted by atomic mass is 9.59. The van der Waals surface area contributed by atoms with Gasteiger partial charge in [0, 0.05) is 86.9 Å². The van der Waals surface area contributed by atoms with E-state index in [1.54, 1.807) is 18.3 Å². The van der Waals surface area contributed by atoms with Gasteiger partial charge >= 0.3 is 0 Å². The fraction of sp³-hybridized carbons (Fsp3) is 0.491. The normalized spacial score (nSPS) is 26.6. The number of nitro groups is 1. The summed E-state index contributed by atoms with van der Waals surface area (Å²) in [6.45, 7) is 11.7. The molecule has 1 spiro atoms. The van der Waals surface area contributed by atoms with Crippen LogP contribution >= 0.6 is 0 Å². The largest absolute Gasteiger partial charge is 0.489 e. The fourth-order valence-corrected chi connectivity index (χ4v) is 15.6. The highest BCUT2D eigenvalue weighted by Gasteiger charge is 2.51. The first-order valence-corrected chi connectivity index (χ1v) is 27.8. The third-order valence-electron chi connectivity index (χ3n) is 17.6. The molecule has 8 aliphatic rings. The van der Waals surface area contributed by atoms with Crippen LogP contribution in [0.2, 0.25) is 0 Å². The van der Waals surface area contributed by atoms with Gasteiger partial charge in [0.2, 0.25) is 15.7 Å². The number of anilines is 4. The quantitative estimate of drug-likeness (QED) is 0.0859. The zero-order chi connectivity index (χ0) is 50.6. The van der Waals surface area contributed by atoms with Gasteiger partial charge in [-0.15, -0.1) is 0 Å². The molecule has 1 saturated carbocycles. The Morgan fingerprint density at radius 1 is 0.986 bits per heavy atom. The Kier molecular flexibility index (Phi) is 11.7. The Hall–Kier alpha value is -6.25. The van der Waals surface area contributed by atoms with E-state index in [0.29, 0.717) is 75.0 Å². The minimum atomic E-state index is -4.78. The number of rotatable bonds is 11. The van der Waals surface area contributed by atoms with Gasteiger partial charge in [-0.05, 0) is 99.2 Å². The van der Waals surface area contributed by atoms with Crippen molar-refractivity contribution in [1.82, 2.24) is 19.8 Å². The zero-order valence-electron chi connectivity index (χ0n) is 41.7. The predicted octanol–water partition coefficient (Wildman–Crippen LogP) is 7.60. The van der Waals surface area contributed by atoms with Crippen molar-refractivity contribution in [1.29, 1.82) is 0 Å². The number of H-pyrrole nitrogens is 1. The van der Waals surface area contributed by atoms with Gasteiger partial charge in [0.05, 0.1) is 58.7 Å². The number of carbonyl (C=O) groups is 1. The van der Waals surface area contributed by atoms with Gasteiger partial charge in [0.1, 0.15) is 28.9 Å². The van der Waals surface area contributed by atoms with Crippen molar-refractivity contribution in [2.75, 3.05) is 80.8 Å². The van der Waals surface area contributed by atoms with Crippen molar-refractivity contribution in [3.05, 3.63) is 100 Å². The second-order valence-electron chi connectivity index (χ2n) is 22.1. The standard InChI is InChI=1S/C55H63N9O9S/c1-32(2)40-6-3-4-7-41(40)43-8-5-16-62(43)37-24-55(25-37)13-17-60(18-14-55)44-10-9-42(52(56)65)50(63-26-34-29-70-19-12-47(34)73-54-46(63)20-33-11-15-57-53(33)59-54)51(44)74(68,69)39-22-45(64(66)67)49-48(23-39)72-30-35(58-49)27-61-28-38-21-36(61)31-71-38/h3-4,6-7,9-11,15,20,22-23,34-38,43,47,58H,1,5,8,12-14,16-19,21,24-31H2,2H3,(H2,56,65)(H,57,59)/t34-,35-,36+,38+,43-,47+/m0/s1. The summed E-state index contributed by atoms with van der Waals surface area (Å²) in [6.07, 6.45) is 9.22. The van der Waals surface area contributed by atoms with Crippen LogP contribution in [0.15, 0.2) is 83.2 Å². The monoisotopic (exact) mass is 1030 g/mol. The smallest absolute Gasteiger partial charge is 0.297 e. The number of allylic oxidation sites excluding steroid dienone is 1. The summed E-state index contributed by atoms with van der Waals surface area (Å²) in [4.78, 5) is 43.1. The molecule has 388 valence electrons. The van der Waals surface area contributed by atoms with Crippen LogP contribution in [0.1, 0.15) is 85.8 Å². The minimum Gasteiger partial charge on any atom is -0.489 e. The highest BCUT2D eigenvalue weighted by molar-refractivity contribution is 7.91. The first kappa shape index (κ1) is 47.5. The molecule has 0 unspecified atom stereocenters. The number of nitrogens with one attached hydrogen (secondary N) is 2. The Morgan fingerprint density at radius 3 is 2.59 bits per heavy atom. The number of nitrogens with two attached hydrogens (primary N) is 1. The summed E-state index contributed by atoms with van der Waals surface area (Å²) < 4.78 is 57.2. The molecular formula is C55H63N9O9S. The average molecular weight is 1030 g/mol. The molecule has 74 heavy (non-hydrogen) atoms. The van der Waals surface area contributed by atoms with Crippen molar-refractivity contribution in [2.45, 2.75) is 104 Å². The van der Waals surface area contributed by atoms with E-state index in [1.165, 1.54) is 17.2 Å². The number of hydrogen-bond donors (Lipinski definition) is 3. The molecule has 6 atom stereocenters. The third-order valence-corrected chi connectivity index (χ3v) is 19.4. The van der Waals surface area contributed by atoms with Gasteiger partial charge in [-0.25, -0.2) is 8.42 Å². The number of amides is 1. The molecule has 6 fully saturated rings. The molecule has 13 rings (SSSR count). The number of carbonyl (C=O) groups excluding carboxylic acids is 1. The molecule has 1 aliphatic carbocycles. The Morgan fingerprint density at radius 2 is 1.82 bits per heavy atom. The van der Waals surface area contributed by atoms with Crippen molar-refractivity contribution in [3.63, 3.8) is 0 Å². The van der Waals surface area contributed by atoms with Gasteiger partial charge in [0.15, 0.2) is 11.4 Å². The van der Waals surface area contributed by atoms with Crippen molar-refractivity contribution in [2.24, 2.45) is 17.1 Å². The van der Waals surface area contributed by atoms with Gasteiger partial charge in [-0.1, -0.05) is 36.4 Å². The summed E-state index contributed by atoms with van der Waals surface area (Å²) in [5.41, 5.74) is 11.2. The first-order valence-electron chi connectivity index (χ1n) is 26.4. The predicted molar refractivity (Wildman–Crippen MR) is 279 cm³/mol. The molecule has 7 aliphatic heterocycles. The van der Waals surface area contributed by atoms with E-state index < -0.39 is 26.4 Å². The van der Waals surface area contributed by atoms with E-state index in [2.05, 4.69) is 62.8 Å². The van der Waals surface area contributed by atoms with Gasteiger partial charge < -0.3 is 44.8 Å². The van der Waals surface area contributed by atoms with E-state index in [0.717, 1.165) is 75.1 Å². The van der Waals surface area contributed by atoms with Crippen molar-refractivity contribution in [3.8, 4) is 11.6 Å². The molecule has 2 bridgehead atoms. The van der Waals surface area contributed by atoms with Crippen LogP contribution in [-0.4, -0.2) is 135 Å². The number of fused-ring (bicyclic) bond motifs is 6. The number of likely N-dealkylation sites (tertiary alicyclic amines) is 2. The number of nitrogens with zero attached hydrogens (tertiary/aromatic N) is 6. The van der Waals surface area contributed by atoms with E-state index >= 15 is 8.42 Å². The van der Waals surface area contributed by atoms with Crippen LogP contribution in [0.25, 0.3) is 16.6 Å². The maximum absolute atomic E-state index is 16.2. The van der Waals surface area contributed by atoms with Crippen LogP contribution in [0.3, 0.4) is 0 Å². The SMILES string of the molecule is C=C(C)c1ccccc1[C@@H]1CCCN1C1CC2(CCN(c3ccc(C(N)=O)c(N4C[C@H]5COCC[C@H]5Oc5nc6[nH]ccc6cc54)c3S(=O)(=O)c3cc4c(c([N+](=O)[O-])c3)N[C@@H](CN3C[C@H]5C[C@@H]3CO5)CO4)CC2)C1. The maximum atomic E-state index is 16.2. The van der Waals surface area contributed by atoms with Crippen LogP contribution in [-0.2, 0) is 19.3 Å². The Bertz CT molecular complexity index is 3200. The fourth-order valence-electron chi connectivity index (χ4n) is 13.9. The van der Waals surface area contributed by atoms with Crippen LogP contribution in [0, 0.1) is 21.4 Å². The highest BCUT2D eigenvalue weighted by atomic mass is 32.2. The number of ether oxygens (including phenoxy) is 4. The number of benzene rings is 3. The number of pyridine rings is 1. The zero-order valence-corrected chi connectivity index (χ0v) is 42.5. The summed E-state index contributed by atoms with van der Waals surface area (Å²) in [6, 6.07) is 19.0. The third kappa shape index (κ3) is 8.08. The molecule has 9 heterocycles. The molecule has 5 aromatic rings. The molecule has 19 heteroatoms. The van der Waals surface area contributed by atoms with Gasteiger partial charge in [0.25, 0.3) is 11.6 Å². The van der Waals surface area contributed by atoms with Crippen LogP contribution in [0.5, 0.6) is 11.6 Å². The average Bonchev–Trinajstić information content (AvgIpc) is 4.23. The Balaban J connectivity index is 0.888.